The third-order valence-electron chi connectivity index (χ3n) is 3.29. The number of nitrogens with one attached hydrogen (secondary N) is 1. The molecule has 2 heterocycles. The van der Waals surface area contributed by atoms with Crippen molar-refractivity contribution in [2.45, 2.75) is 19.8 Å². The molecule has 88 valence electrons. The normalized spacial score (nSPS) is 15.7. The summed E-state index contributed by atoms with van der Waals surface area (Å²) in [5.74, 6) is 0.872. The highest BCUT2D eigenvalue weighted by Gasteiger charge is 2.12. The van der Waals surface area contributed by atoms with Gasteiger partial charge in [-0.05, 0) is 38.0 Å². The third kappa shape index (κ3) is 1.93. The number of benzene rings is 1. The van der Waals surface area contributed by atoms with Crippen molar-refractivity contribution >= 4 is 28.8 Å². The Balaban J connectivity index is 2.15. The maximum atomic E-state index is 5.33. The lowest BCUT2D eigenvalue weighted by Gasteiger charge is -2.17. The summed E-state index contributed by atoms with van der Waals surface area (Å²) >= 11 is 5.33. The molecule has 1 aliphatic rings. The Labute approximate surface area is 105 Å². The van der Waals surface area contributed by atoms with Gasteiger partial charge in [-0.15, -0.1) is 0 Å². The molecule has 0 spiro atoms. The first kappa shape index (κ1) is 10.7. The Morgan fingerprint density at radius 1 is 1.29 bits per heavy atom. The quantitative estimate of drug-likeness (QED) is 0.783. The van der Waals surface area contributed by atoms with Gasteiger partial charge < -0.3 is 9.88 Å². The van der Waals surface area contributed by atoms with Crippen LogP contribution in [-0.4, -0.2) is 23.1 Å². The second-order valence-corrected chi connectivity index (χ2v) is 4.94. The average molecular weight is 245 g/mol. The number of H-pyrrole nitrogens is 1. The lowest BCUT2D eigenvalue weighted by atomic mass is 10.2. The number of aromatic amines is 1. The van der Waals surface area contributed by atoms with E-state index in [0.717, 1.165) is 29.8 Å². The minimum absolute atomic E-state index is 0.692. The smallest absolute Gasteiger partial charge is 0.137 e. The molecule has 1 aromatic heterocycles. The predicted octanol–water partition coefficient (Wildman–Crippen LogP) is 3.20. The standard InChI is InChI=1S/C13H15N3S/c1-9-14-12-5-4-10(16-6-2-3-7-16)8-11(12)13(17)15-9/h4-5,8H,2-3,6-7H2,1H3,(H,14,15,17). The van der Waals surface area contributed by atoms with E-state index < -0.39 is 0 Å². The zero-order chi connectivity index (χ0) is 11.8. The van der Waals surface area contributed by atoms with Gasteiger partial charge in [0.2, 0.25) is 0 Å². The first-order valence-electron chi connectivity index (χ1n) is 6.00. The van der Waals surface area contributed by atoms with Crippen LogP contribution < -0.4 is 4.90 Å². The third-order valence-corrected chi connectivity index (χ3v) is 3.60. The van der Waals surface area contributed by atoms with Gasteiger partial charge >= 0.3 is 0 Å². The fraction of sp³-hybridized carbons (Fsp3) is 0.385. The number of rotatable bonds is 1. The van der Waals surface area contributed by atoms with Crippen molar-refractivity contribution in [3.05, 3.63) is 28.7 Å². The summed E-state index contributed by atoms with van der Waals surface area (Å²) in [5, 5.41) is 1.05. The number of hydrogen-bond acceptors (Lipinski definition) is 3. The zero-order valence-corrected chi connectivity index (χ0v) is 10.7. The molecule has 17 heavy (non-hydrogen) atoms. The lowest BCUT2D eigenvalue weighted by Crippen LogP contribution is -2.17. The van der Waals surface area contributed by atoms with Crippen LogP contribution in [0.4, 0.5) is 5.69 Å². The van der Waals surface area contributed by atoms with Crippen LogP contribution in [0.15, 0.2) is 18.2 Å². The summed E-state index contributed by atoms with van der Waals surface area (Å²) in [4.78, 5) is 9.97. The van der Waals surface area contributed by atoms with E-state index in [1.807, 2.05) is 6.92 Å². The zero-order valence-electron chi connectivity index (χ0n) is 9.86. The van der Waals surface area contributed by atoms with E-state index in [9.17, 15) is 0 Å². The molecule has 1 aromatic carbocycles. The van der Waals surface area contributed by atoms with E-state index in [-0.39, 0.29) is 0 Å². The number of aromatic nitrogens is 2. The number of fused-ring (bicyclic) bond motifs is 1. The van der Waals surface area contributed by atoms with E-state index in [4.69, 9.17) is 12.2 Å². The second-order valence-electron chi connectivity index (χ2n) is 4.55. The van der Waals surface area contributed by atoms with Gasteiger partial charge in [0.1, 0.15) is 10.5 Å². The molecule has 0 atom stereocenters. The summed E-state index contributed by atoms with van der Waals surface area (Å²) in [6, 6.07) is 6.43. The second kappa shape index (κ2) is 4.11. The first-order valence-corrected chi connectivity index (χ1v) is 6.40. The summed E-state index contributed by atoms with van der Waals surface area (Å²) < 4.78 is 0.692. The molecule has 1 fully saturated rings. The van der Waals surface area contributed by atoms with Gasteiger partial charge in [0.25, 0.3) is 0 Å². The van der Waals surface area contributed by atoms with E-state index in [1.165, 1.54) is 18.5 Å². The van der Waals surface area contributed by atoms with Crippen molar-refractivity contribution in [1.82, 2.24) is 9.97 Å². The monoisotopic (exact) mass is 245 g/mol. The molecule has 3 nitrogen and oxygen atoms in total. The fourth-order valence-corrected chi connectivity index (χ4v) is 2.73. The van der Waals surface area contributed by atoms with Crippen LogP contribution in [0.25, 0.3) is 10.9 Å². The number of nitrogens with zero attached hydrogens (tertiary/aromatic N) is 2. The highest BCUT2D eigenvalue weighted by atomic mass is 32.1. The van der Waals surface area contributed by atoms with Crippen LogP contribution in [0.3, 0.4) is 0 Å². The van der Waals surface area contributed by atoms with Crippen molar-refractivity contribution in [2.75, 3.05) is 18.0 Å². The molecule has 4 heteroatoms. The first-order chi connectivity index (χ1) is 8.24. The lowest BCUT2D eigenvalue weighted by molar-refractivity contribution is 0.949. The van der Waals surface area contributed by atoms with Crippen LogP contribution in [0.5, 0.6) is 0 Å². The maximum absolute atomic E-state index is 5.33. The summed E-state index contributed by atoms with van der Waals surface area (Å²) in [5.41, 5.74) is 2.34. The molecule has 0 unspecified atom stereocenters. The minimum atomic E-state index is 0.692. The molecule has 2 aromatic rings. The van der Waals surface area contributed by atoms with Crippen LogP contribution in [-0.2, 0) is 0 Å². The van der Waals surface area contributed by atoms with Crippen molar-refractivity contribution in [1.29, 1.82) is 0 Å². The Bertz CT molecular complexity index is 612. The summed E-state index contributed by atoms with van der Waals surface area (Å²) in [7, 11) is 0. The molecule has 0 saturated carbocycles. The van der Waals surface area contributed by atoms with Gasteiger partial charge in [0, 0.05) is 29.7 Å². The molecule has 1 N–H and O–H groups in total. The minimum Gasteiger partial charge on any atom is -0.372 e. The highest BCUT2D eigenvalue weighted by molar-refractivity contribution is 7.71. The van der Waals surface area contributed by atoms with Gasteiger partial charge in [-0.3, -0.25) is 0 Å². The van der Waals surface area contributed by atoms with Crippen LogP contribution >= 0.6 is 12.2 Å². The molecular formula is C13H15N3S. The van der Waals surface area contributed by atoms with Gasteiger partial charge in [-0.25, -0.2) is 4.98 Å². The molecule has 0 aliphatic carbocycles. The molecule has 1 saturated heterocycles. The van der Waals surface area contributed by atoms with E-state index in [2.05, 4.69) is 33.1 Å². The van der Waals surface area contributed by atoms with Gasteiger partial charge in [-0.2, -0.15) is 0 Å². The molecule has 1 aliphatic heterocycles. The molecule has 0 amide bonds. The molecular weight excluding hydrogens is 230 g/mol. The Hall–Kier alpha value is -1.42. The Kier molecular flexibility index (Phi) is 2.59. The molecule has 3 rings (SSSR count). The largest absolute Gasteiger partial charge is 0.372 e. The van der Waals surface area contributed by atoms with Crippen molar-refractivity contribution in [3.8, 4) is 0 Å². The van der Waals surface area contributed by atoms with Crippen molar-refractivity contribution in [3.63, 3.8) is 0 Å². The van der Waals surface area contributed by atoms with Crippen molar-refractivity contribution in [2.24, 2.45) is 0 Å². The Morgan fingerprint density at radius 2 is 2.06 bits per heavy atom. The highest BCUT2D eigenvalue weighted by Crippen LogP contribution is 2.24. The number of hydrogen-bond donors (Lipinski definition) is 1. The fourth-order valence-electron chi connectivity index (χ4n) is 2.43. The number of anilines is 1. The van der Waals surface area contributed by atoms with Gasteiger partial charge in [-0.1, -0.05) is 12.2 Å². The van der Waals surface area contributed by atoms with Crippen LogP contribution in [0.2, 0.25) is 0 Å². The van der Waals surface area contributed by atoms with Crippen LogP contribution in [0.1, 0.15) is 18.7 Å². The predicted molar refractivity (Wildman–Crippen MR) is 73.1 cm³/mol. The number of aryl methyl sites for hydroxylation is 1. The van der Waals surface area contributed by atoms with E-state index in [0.29, 0.717) is 4.64 Å². The van der Waals surface area contributed by atoms with Gasteiger partial charge in [0.05, 0.1) is 0 Å². The Morgan fingerprint density at radius 3 is 2.82 bits per heavy atom. The summed E-state index contributed by atoms with van der Waals surface area (Å²) in [6.45, 7) is 4.24. The topological polar surface area (TPSA) is 31.9 Å². The van der Waals surface area contributed by atoms with E-state index >= 15 is 0 Å². The van der Waals surface area contributed by atoms with Crippen molar-refractivity contribution < 1.29 is 0 Å². The van der Waals surface area contributed by atoms with Gasteiger partial charge in [0.15, 0.2) is 0 Å². The van der Waals surface area contributed by atoms with E-state index in [1.54, 1.807) is 0 Å². The van der Waals surface area contributed by atoms with Crippen LogP contribution in [0, 0.1) is 11.6 Å². The SMILES string of the molecule is Cc1nc(=S)c2cc(N3CCCC3)ccc2[nH]1. The molecule has 0 radical (unpaired) electrons. The summed E-state index contributed by atoms with van der Waals surface area (Å²) in [6.07, 6.45) is 2.58. The average Bonchev–Trinajstić information content (AvgIpc) is 2.82. The molecule has 0 bridgehead atoms. The maximum Gasteiger partial charge on any atom is 0.137 e.